The number of carbonyl (C=O) groups is 5. The van der Waals surface area contributed by atoms with Gasteiger partial charge in [0.2, 0.25) is 11.8 Å². The lowest BCUT2D eigenvalue weighted by Crippen LogP contribution is -2.62. The number of benzene rings is 1. The van der Waals surface area contributed by atoms with Crippen molar-refractivity contribution in [2.75, 3.05) is 6.54 Å². The number of esters is 2. The van der Waals surface area contributed by atoms with Gasteiger partial charge in [0.15, 0.2) is 0 Å². The number of amides is 3. The Morgan fingerprint density at radius 1 is 1.10 bits per heavy atom. The maximum absolute atomic E-state index is 13.9. The van der Waals surface area contributed by atoms with Gasteiger partial charge in [-0.05, 0) is 94.9 Å². The van der Waals surface area contributed by atoms with Gasteiger partial charge >= 0.3 is 11.9 Å². The molecule has 4 rings (SSSR count). The van der Waals surface area contributed by atoms with Gasteiger partial charge in [-0.25, -0.2) is 5.43 Å². The Morgan fingerprint density at radius 3 is 2.36 bits per heavy atom. The normalized spacial score (nSPS) is 26.1. The van der Waals surface area contributed by atoms with Crippen molar-refractivity contribution in [1.29, 1.82) is 0 Å². The van der Waals surface area contributed by atoms with Crippen LogP contribution < -0.4 is 26.5 Å². The molecule has 3 N–H and O–H groups in total. The van der Waals surface area contributed by atoms with E-state index in [1.54, 1.807) is 61.5 Å². The summed E-state index contributed by atoms with van der Waals surface area (Å²) < 4.78 is 11.2. The van der Waals surface area contributed by atoms with E-state index in [9.17, 15) is 24.0 Å². The van der Waals surface area contributed by atoms with Crippen LogP contribution in [0.4, 0.5) is 0 Å². The highest BCUT2D eigenvalue weighted by atomic mass is 16.6. The summed E-state index contributed by atoms with van der Waals surface area (Å²) in [5.74, 6) is -3.21. The summed E-state index contributed by atoms with van der Waals surface area (Å²) in [7, 11) is 0. The van der Waals surface area contributed by atoms with Crippen molar-refractivity contribution in [2.45, 2.75) is 125 Å². The molecule has 3 aliphatic heterocycles. The van der Waals surface area contributed by atoms with Crippen LogP contribution in [-0.2, 0) is 33.4 Å². The molecule has 11 heteroatoms. The topological polar surface area (TPSA) is 143 Å². The van der Waals surface area contributed by atoms with E-state index in [2.05, 4.69) is 22.6 Å². The lowest BCUT2D eigenvalue weighted by atomic mass is 9.89. The molecule has 0 aliphatic carbocycles. The van der Waals surface area contributed by atoms with Crippen molar-refractivity contribution in [3.05, 3.63) is 51.9 Å². The second-order valence-corrected chi connectivity index (χ2v) is 14.5. The molecule has 1 unspecified atom stereocenters. The standard InChI is InChI=1S/C37H52N4O7.C2H6/c1-22(2)31-32(43)38-29(21-30(42)48-36(6,7)8)33(44)41-19-11-12-28(40-41)34(45)47-25(5)23(3)13-15-27-16-14-26(20-24(27)4)17-18-37(9,10)35(46)39-31;1-2/h13-18,20,22,25,28-29,31,40H,4,11-12,19,21H2,1-3,5-10H3,(H,38,43)(H,39,46);1-2H3/b18-17+,23-13+,27-15-;/t25-,28+,29+,31?;/m1./s1. The van der Waals surface area contributed by atoms with Crippen LogP contribution in [0.2, 0.25) is 0 Å². The van der Waals surface area contributed by atoms with E-state index < -0.39 is 71.3 Å². The molecule has 3 aliphatic rings. The predicted octanol–water partition coefficient (Wildman–Crippen LogP) is 3.69. The third kappa shape index (κ3) is 12.3. The van der Waals surface area contributed by atoms with Crippen LogP contribution in [0.15, 0.2) is 35.9 Å². The molecule has 1 aromatic rings. The minimum absolute atomic E-state index is 0.240. The highest BCUT2D eigenvalue weighted by molar-refractivity contribution is 5.95. The average molecular weight is 695 g/mol. The van der Waals surface area contributed by atoms with E-state index >= 15 is 0 Å². The summed E-state index contributed by atoms with van der Waals surface area (Å²) in [6.45, 7) is 24.2. The summed E-state index contributed by atoms with van der Waals surface area (Å²) in [6, 6.07) is 2.58. The first kappa shape index (κ1) is 41.9. The first-order valence-corrected chi connectivity index (χ1v) is 17.6. The third-order valence-corrected chi connectivity index (χ3v) is 8.28. The number of fused-ring (bicyclic) bond motifs is 14. The Labute approximate surface area is 297 Å². The van der Waals surface area contributed by atoms with E-state index in [-0.39, 0.29) is 12.5 Å². The number of ether oxygens (including phenoxy) is 2. The SMILES string of the molecule is C=c1cc2cc/c1=C/C=C(\C)[C@@H](C)OC(=O)[C@@H]1CCCN(N1)C(=O)[C@H](CC(=O)OC(C)(C)C)NC(=O)C(C(C)C)NC(=O)C(C)(C)/C=C/2.CC. The van der Waals surface area contributed by atoms with Crippen molar-refractivity contribution in [3.63, 3.8) is 0 Å². The summed E-state index contributed by atoms with van der Waals surface area (Å²) in [5.41, 5.74) is 2.77. The highest BCUT2D eigenvalue weighted by Gasteiger charge is 2.38. The fraction of sp³-hybridized carbons (Fsp3) is 0.564. The minimum Gasteiger partial charge on any atom is -0.460 e. The second-order valence-electron chi connectivity index (χ2n) is 14.5. The fourth-order valence-electron chi connectivity index (χ4n) is 5.16. The van der Waals surface area contributed by atoms with Crippen LogP contribution in [0.3, 0.4) is 0 Å². The van der Waals surface area contributed by atoms with Gasteiger partial charge in [-0.3, -0.25) is 29.0 Å². The fourth-order valence-corrected chi connectivity index (χ4v) is 5.16. The molecule has 1 aromatic carbocycles. The Balaban J connectivity index is 0.00000425. The summed E-state index contributed by atoms with van der Waals surface area (Å²) >= 11 is 0. The molecule has 4 atom stereocenters. The van der Waals surface area contributed by atoms with Gasteiger partial charge in [-0.2, -0.15) is 0 Å². The van der Waals surface area contributed by atoms with Crippen LogP contribution in [0, 0.1) is 11.3 Å². The Bertz CT molecular complexity index is 1570. The molecule has 3 amide bonds. The summed E-state index contributed by atoms with van der Waals surface area (Å²) in [5, 5.41) is 8.46. The van der Waals surface area contributed by atoms with Crippen LogP contribution in [0.25, 0.3) is 18.7 Å². The molecule has 1 fully saturated rings. The minimum atomic E-state index is -1.33. The van der Waals surface area contributed by atoms with E-state index in [1.165, 1.54) is 5.01 Å². The van der Waals surface area contributed by atoms with Crippen molar-refractivity contribution in [3.8, 4) is 0 Å². The number of nitrogens with zero attached hydrogens (tertiary/aromatic N) is 1. The largest absolute Gasteiger partial charge is 0.460 e. The molecular formula is C39H58N4O7. The number of hydrogen-bond acceptors (Lipinski definition) is 8. The average Bonchev–Trinajstić information content (AvgIpc) is 3.04. The Morgan fingerprint density at radius 2 is 1.76 bits per heavy atom. The van der Waals surface area contributed by atoms with Crippen molar-refractivity contribution in [1.82, 2.24) is 21.1 Å². The molecule has 276 valence electrons. The van der Waals surface area contributed by atoms with Crippen LogP contribution in [0.5, 0.6) is 0 Å². The number of hydrazine groups is 1. The lowest BCUT2D eigenvalue weighted by Gasteiger charge is -2.36. The van der Waals surface area contributed by atoms with Crippen molar-refractivity contribution in [2.24, 2.45) is 11.3 Å². The number of nitrogens with one attached hydrogen (secondary N) is 3. The van der Waals surface area contributed by atoms with Crippen LogP contribution in [-0.4, -0.2) is 71.0 Å². The van der Waals surface area contributed by atoms with Gasteiger partial charge in [0, 0.05) is 6.54 Å². The van der Waals surface area contributed by atoms with E-state index in [4.69, 9.17) is 9.47 Å². The first-order chi connectivity index (χ1) is 23.3. The monoisotopic (exact) mass is 694 g/mol. The van der Waals surface area contributed by atoms with Gasteiger partial charge in [-0.15, -0.1) is 0 Å². The quantitative estimate of drug-likeness (QED) is 0.407. The number of carbonyl (C=O) groups excluding carboxylic acids is 5. The van der Waals surface area contributed by atoms with Gasteiger partial charge in [0.05, 0.1) is 11.8 Å². The second kappa shape index (κ2) is 18.1. The molecule has 4 bridgehead atoms. The summed E-state index contributed by atoms with van der Waals surface area (Å²) in [4.78, 5) is 67.3. The van der Waals surface area contributed by atoms with Crippen LogP contribution >= 0.6 is 0 Å². The Hall–Kier alpha value is -4.25. The number of allylic oxidation sites excluding steroid dienone is 1. The Kier molecular flexibility index (Phi) is 15.2. The summed E-state index contributed by atoms with van der Waals surface area (Å²) in [6.07, 6.45) is 7.29. The molecule has 1 saturated heterocycles. The smallest absolute Gasteiger partial charge is 0.325 e. The predicted molar refractivity (Wildman–Crippen MR) is 196 cm³/mol. The number of hydrogen-bond donors (Lipinski definition) is 3. The number of rotatable bonds is 3. The maximum Gasteiger partial charge on any atom is 0.325 e. The van der Waals surface area contributed by atoms with E-state index in [0.717, 1.165) is 21.6 Å². The molecule has 0 saturated carbocycles. The molecule has 11 nitrogen and oxygen atoms in total. The first-order valence-electron chi connectivity index (χ1n) is 17.6. The van der Waals surface area contributed by atoms with Crippen LogP contribution in [0.1, 0.15) is 101 Å². The molecule has 0 aromatic heterocycles. The van der Waals surface area contributed by atoms with Gasteiger partial charge in [0.1, 0.15) is 29.8 Å². The van der Waals surface area contributed by atoms with Crippen molar-refractivity contribution >= 4 is 48.4 Å². The highest BCUT2D eigenvalue weighted by Crippen LogP contribution is 2.21. The molecule has 3 heterocycles. The van der Waals surface area contributed by atoms with Gasteiger partial charge < -0.3 is 20.1 Å². The molecule has 50 heavy (non-hydrogen) atoms. The zero-order chi connectivity index (χ0) is 38.0. The molecular weight excluding hydrogens is 636 g/mol. The zero-order valence-corrected chi connectivity index (χ0v) is 31.8. The van der Waals surface area contributed by atoms with Crippen molar-refractivity contribution < 1.29 is 33.4 Å². The van der Waals surface area contributed by atoms with Gasteiger partial charge in [-0.1, -0.05) is 70.7 Å². The zero-order valence-electron chi connectivity index (χ0n) is 31.8. The van der Waals surface area contributed by atoms with Gasteiger partial charge in [0.25, 0.3) is 5.91 Å². The lowest BCUT2D eigenvalue weighted by molar-refractivity contribution is -0.160. The van der Waals surface area contributed by atoms with E-state index in [0.29, 0.717) is 12.8 Å². The third-order valence-electron chi connectivity index (χ3n) is 8.28. The molecule has 0 radical (unpaired) electrons. The maximum atomic E-state index is 13.9. The van der Waals surface area contributed by atoms with E-state index in [1.807, 2.05) is 57.2 Å². The molecule has 0 spiro atoms.